The van der Waals surface area contributed by atoms with Gasteiger partial charge in [-0.2, -0.15) is 0 Å². The highest BCUT2D eigenvalue weighted by Gasteiger charge is 2.28. The molecule has 29 heavy (non-hydrogen) atoms. The highest BCUT2D eigenvalue weighted by molar-refractivity contribution is 5.69. The molecule has 1 aliphatic rings. The minimum atomic E-state index is -0.218. The SMILES string of the molecule is CCc1ccc(N2c3cc(F)ccc3CCC2CCc2ccc(C)cc2F)cc1. The van der Waals surface area contributed by atoms with E-state index in [0.29, 0.717) is 6.42 Å². The van der Waals surface area contributed by atoms with Gasteiger partial charge in [-0.25, -0.2) is 8.78 Å². The van der Waals surface area contributed by atoms with Crippen LogP contribution in [0.15, 0.2) is 60.7 Å². The fourth-order valence-electron chi connectivity index (χ4n) is 4.31. The molecular weight excluding hydrogens is 364 g/mol. The number of halogens is 2. The summed E-state index contributed by atoms with van der Waals surface area (Å²) in [4.78, 5) is 2.26. The number of benzene rings is 3. The molecule has 3 aromatic carbocycles. The van der Waals surface area contributed by atoms with Crippen molar-refractivity contribution in [1.82, 2.24) is 0 Å². The predicted octanol–water partition coefficient (Wildman–Crippen LogP) is 6.92. The standard InChI is InChI=1S/C26H27F2N/c1-3-19-5-12-23(13-6-19)29-24(14-9-20-7-4-18(2)16-25(20)28)15-10-21-8-11-22(27)17-26(21)29/h4-8,11-13,16-17,24H,3,9-10,14-15H2,1-2H3. The van der Waals surface area contributed by atoms with Crippen LogP contribution in [0.2, 0.25) is 0 Å². The number of nitrogens with zero attached hydrogens (tertiary/aromatic N) is 1. The first-order chi connectivity index (χ1) is 14.0. The topological polar surface area (TPSA) is 3.24 Å². The van der Waals surface area contributed by atoms with Gasteiger partial charge in [0.15, 0.2) is 0 Å². The third-order valence-corrected chi connectivity index (χ3v) is 6.00. The van der Waals surface area contributed by atoms with Crippen molar-refractivity contribution in [3.63, 3.8) is 0 Å². The number of anilines is 2. The first kappa shape index (κ1) is 19.6. The molecule has 0 bridgehead atoms. The van der Waals surface area contributed by atoms with E-state index in [-0.39, 0.29) is 17.7 Å². The van der Waals surface area contributed by atoms with E-state index in [2.05, 4.69) is 36.1 Å². The van der Waals surface area contributed by atoms with Gasteiger partial charge >= 0.3 is 0 Å². The number of aryl methyl sites for hydroxylation is 4. The number of hydrogen-bond acceptors (Lipinski definition) is 1. The van der Waals surface area contributed by atoms with Gasteiger partial charge in [0.05, 0.1) is 0 Å². The number of hydrogen-bond donors (Lipinski definition) is 0. The van der Waals surface area contributed by atoms with E-state index in [0.717, 1.165) is 48.2 Å². The molecule has 150 valence electrons. The molecule has 1 heterocycles. The summed E-state index contributed by atoms with van der Waals surface area (Å²) in [6.45, 7) is 4.04. The zero-order valence-electron chi connectivity index (χ0n) is 17.1. The molecule has 4 rings (SSSR count). The van der Waals surface area contributed by atoms with Gasteiger partial charge < -0.3 is 4.90 Å². The lowest BCUT2D eigenvalue weighted by molar-refractivity contribution is 0.523. The van der Waals surface area contributed by atoms with Gasteiger partial charge in [-0.05, 0) is 91.6 Å². The van der Waals surface area contributed by atoms with Crippen molar-refractivity contribution >= 4 is 11.4 Å². The minimum Gasteiger partial charge on any atom is -0.338 e. The molecule has 0 saturated heterocycles. The highest BCUT2D eigenvalue weighted by atomic mass is 19.1. The third kappa shape index (κ3) is 4.19. The van der Waals surface area contributed by atoms with Crippen LogP contribution < -0.4 is 4.90 Å². The summed E-state index contributed by atoms with van der Waals surface area (Å²) in [5.41, 5.74) is 6.15. The normalized spacial score (nSPS) is 16.0. The Morgan fingerprint density at radius 3 is 2.48 bits per heavy atom. The molecular formula is C26H27F2N. The number of rotatable bonds is 5. The van der Waals surface area contributed by atoms with E-state index in [1.165, 1.54) is 11.1 Å². The van der Waals surface area contributed by atoms with Crippen LogP contribution in [0.4, 0.5) is 20.2 Å². The van der Waals surface area contributed by atoms with Crippen molar-refractivity contribution in [2.45, 2.75) is 52.0 Å². The number of fused-ring (bicyclic) bond motifs is 1. The molecule has 0 N–H and O–H groups in total. The lowest BCUT2D eigenvalue weighted by atomic mass is 9.91. The Morgan fingerprint density at radius 1 is 0.966 bits per heavy atom. The van der Waals surface area contributed by atoms with Gasteiger partial charge in [-0.1, -0.05) is 37.3 Å². The van der Waals surface area contributed by atoms with Crippen LogP contribution in [0, 0.1) is 18.6 Å². The van der Waals surface area contributed by atoms with E-state index >= 15 is 0 Å². The Labute approximate surface area is 172 Å². The van der Waals surface area contributed by atoms with Gasteiger partial charge in [-0.15, -0.1) is 0 Å². The Balaban J connectivity index is 1.65. The van der Waals surface area contributed by atoms with Crippen molar-refractivity contribution in [3.05, 3.63) is 94.6 Å². The van der Waals surface area contributed by atoms with E-state index in [9.17, 15) is 8.78 Å². The van der Waals surface area contributed by atoms with Crippen LogP contribution in [0.3, 0.4) is 0 Å². The van der Waals surface area contributed by atoms with Crippen LogP contribution in [0.5, 0.6) is 0 Å². The van der Waals surface area contributed by atoms with Crippen LogP contribution in [-0.2, 0) is 19.3 Å². The second-order valence-electron chi connectivity index (χ2n) is 7.99. The molecule has 1 atom stereocenters. The molecule has 3 aromatic rings. The maximum atomic E-state index is 14.3. The molecule has 0 aliphatic carbocycles. The summed E-state index contributed by atoms with van der Waals surface area (Å²) < 4.78 is 28.4. The van der Waals surface area contributed by atoms with E-state index in [4.69, 9.17) is 0 Å². The Kier molecular flexibility index (Phi) is 5.66. The quantitative estimate of drug-likeness (QED) is 0.456. The smallest absolute Gasteiger partial charge is 0.126 e. The van der Waals surface area contributed by atoms with E-state index < -0.39 is 0 Å². The molecule has 0 amide bonds. The summed E-state index contributed by atoms with van der Waals surface area (Å²) in [7, 11) is 0. The molecule has 0 spiro atoms. The molecule has 1 unspecified atom stereocenters. The van der Waals surface area contributed by atoms with Crippen LogP contribution in [-0.4, -0.2) is 6.04 Å². The summed E-state index contributed by atoms with van der Waals surface area (Å²) >= 11 is 0. The van der Waals surface area contributed by atoms with Crippen LogP contribution in [0.25, 0.3) is 0 Å². The summed E-state index contributed by atoms with van der Waals surface area (Å²) in [5.74, 6) is -0.352. The Bertz CT molecular complexity index is 994. The van der Waals surface area contributed by atoms with Crippen molar-refractivity contribution in [2.24, 2.45) is 0 Å². The average Bonchev–Trinajstić information content (AvgIpc) is 2.73. The second-order valence-corrected chi connectivity index (χ2v) is 7.99. The van der Waals surface area contributed by atoms with Crippen LogP contribution >= 0.6 is 0 Å². The highest BCUT2D eigenvalue weighted by Crippen LogP contribution is 2.39. The zero-order chi connectivity index (χ0) is 20.4. The second kappa shape index (κ2) is 8.36. The van der Waals surface area contributed by atoms with E-state index in [1.807, 2.05) is 25.1 Å². The first-order valence-corrected chi connectivity index (χ1v) is 10.5. The summed E-state index contributed by atoms with van der Waals surface area (Å²) in [5, 5.41) is 0. The minimum absolute atomic E-state index is 0.133. The maximum Gasteiger partial charge on any atom is 0.126 e. The summed E-state index contributed by atoms with van der Waals surface area (Å²) in [6, 6.07) is 19.3. The van der Waals surface area contributed by atoms with Gasteiger partial charge in [0.25, 0.3) is 0 Å². The lowest BCUT2D eigenvalue weighted by Gasteiger charge is -2.39. The Morgan fingerprint density at radius 2 is 1.76 bits per heavy atom. The molecule has 0 saturated carbocycles. The van der Waals surface area contributed by atoms with Crippen molar-refractivity contribution in [1.29, 1.82) is 0 Å². The fourth-order valence-corrected chi connectivity index (χ4v) is 4.31. The monoisotopic (exact) mass is 391 g/mol. The maximum absolute atomic E-state index is 14.3. The zero-order valence-corrected chi connectivity index (χ0v) is 17.1. The average molecular weight is 392 g/mol. The summed E-state index contributed by atoms with van der Waals surface area (Å²) in [6.07, 6.45) is 4.37. The molecule has 0 aromatic heterocycles. The molecule has 1 nitrogen and oxygen atoms in total. The molecule has 0 radical (unpaired) electrons. The molecule has 1 aliphatic heterocycles. The van der Waals surface area contributed by atoms with Gasteiger partial charge in [-0.3, -0.25) is 0 Å². The predicted molar refractivity (Wildman–Crippen MR) is 116 cm³/mol. The fraction of sp³-hybridized carbons (Fsp3) is 0.308. The lowest BCUT2D eigenvalue weighted by Crippen LogP contribution is -2.36. The molecule has 0 fully saturated rings. The van der Waals surface area contributed by atoms with Crippen molar-refractivity contribution in [3.8, 4) is 0 Å². The van der Waals surface area contributed by atoms with Crippen molar-refractivity contribution in [2.75, 3.05) is 4.90 Å². The largest absolute Gasteiger partial charge is 0.338 e. The molecule has 3 heteroatoms. The third-order valence-electron chi connectivity index (χ3n) is 6.00. The Hall–Kier alpha value is -2.68. The van der Waals surface area contributed by atoms with Crippen LogP contribution in [0.1, 0.15) is 42.0 Å². The van der Waals surface area contributed by atoms with Crippen molar-refractivity contribution < 1.29 is 8.78 Å². The van der Waals surface area contributed by atoms with Gasteiger partial charge in [0.1, 0.15) is 11.6 Å². The van der Waals surface area contributed by atoms with E-state index in [1.54, 1.807) is 18.2 Å². The van der Waals surface area contributed by atoms with Gasteiger partial charge in [0, 0.05) is 17.4 Å². The first-order valence-electron chi connectivity index (χ1n) is 10.5. The van der Waals surface area contributed by atoms with Gasteiger partial charge in [0.2, 0.25) is 0 Å².